The highest BCUT2D eigenvalue weighted by atomic mass is 16.5. The molecule has 1 aliphatic heterocycles. The van der Waals surface area contributed by atoms with Crippen molar-refractivity contribution in [3.8, 4) is 0 Å². The largest absolute Gasteiger partial charge is 0.498 e. The van der Waals surface area contributed by atoms with Crippen molar-refractivity contribution in [2.24, 2.45) is 0 Å². The Bertz CT molecular complexity index is 474. The van der Waals surface area contributed by atoms with Gasteiger partial charge in [-0.2, -0.15) is 0 Å². The van der Waals surface area contributed by atoms with Gasteiger partial charge in [-0.3, -0.25) is 4.79 Å². The van der Waals surface area contributed by atoms with Gasteiger partial charge in [0.2, 0.25) is 0 Å². The molecule has 0 spiro atoms. The average molecular weight is 265 g/mol. The minimum Gasteiger partial charge on any atom is -0.498 e. The molecule has 0 radical (unpaired) electrons. The molecule has 1 atom stereocenters. The van der Waals surface area contributed by atoms with Crippen molar-refractivity contribution in [1.82, 2.24) is 5.32 Å². The molecule has 1 unspecified atom stereocenters. The summed E-state index contributed by atoms with van der Waals surface area (Å²) < 4.78 is 10.5. The predicted octanol–water partition coefficient (Wildman–Crippen LogP) is 1.69. The lowest BCUT2D eigenvalue weighted by Crippen LogP contribution is -2.39. The van der Waals surface area contributed by atoms with Gasteiger partial charge in [0.1, 0.15) is 17.1 Å². The summed E-state index contributed by atoms with van der Waals surface area (Å²) in [4.78, 5) is 12.0. The molecule has 0 fully saturated rings. The third-order valence-electron chi connectivity index (χ3n) is 3.23. The zero-order valence-electron chi connectivity index (χ0n) is 11.2. The van der Waals surface area contributed by atoms with Crippen molar-refractivity contribution in [3.63, 3.8) is 0 Å². The summed E-state index contributed by atoms with van der Waals surface area (Å²) in [5.41, 5.74) is -0.565. The number of aliphatic hydroxyl groups is 1. The zero-order chi connectivity index (χ0) is 13.9. The van der Waals surface area contributed by atoms with Crippen LogP contribution in [-0.4, -0.2) is 24.2 Å². The van der Waals surface area contributed by atoms with Crippen LogP contribution in [0.1, 0.15) is 32.4 Å². The van der Waals surface area contributed by atoms with E-state index in [1.54, 1.807) is 26.0 Å². The molecule has 2 N–H and O–H groups in total. The minimum atomic E-state index is -1.22. The smallest absolute Gasteiger partial charge is 0.250 e. The van der Waals surface area contributed by atoms with Crippen LogP contribution < -0.4 is 5.32 Å². The summed E-state index contributed by atoms with van der Waals surface area (Å²) in [6.45, 7) is 4.15. The van der Waals surface area contributed by atoms with Crippen LogP contribution in [0.4, 0.5) is 0 Å². The highest BCUT2D eigenvalue weighted by molar-refractivity contribution is 5.93. The fraction of sp³-hybridized carbons (Fsp3) is 0.500. The highest BCUT2D eigenvalue weighted by Gasteiger charge is 2.28. The number of carbonyl (C=O) groups is 1. The number of allylic oxidation sites excluding steroid dienone is 1. The number of carbonyl (C=O) groups excluding carboxylic acids is 1. The van der Waals surface area contributed by atoms with Gasteiger partial charge in [-0.1, -0.05) is 0 Å². The van der Waals surface area contributed by atoms with Gasteiger partial charge in [-0.25, -0.2) is 0 Å². The molecule has 0 saturated heterocycles. The first-order valence-electron chi connectivity index (χ1n) is 6.38. The Morgan fingerprint density at radius 3 is 3.00 bits per heavy atom. The lowest BCUT2D eigenvalue weighted by molar-refractivity contribution is -0.119. The van der Waals surface area contributed by atoms with Gasteiger partial charge in [-0.05, 0) is 38.8 Å². The third kappa shape index (κ3) is 3.17. The van der Waals surface area contributed by atoms with Gasteiger partial charge < -0.3 is 19.6 Å². The standard InChI is InChI=1S/C14H19NO4/c1-10-11(5-3-7-18-10)13(16)15-9-14(2,17)12-6-4-8-19-12/h4,6,8,17H,3,5,7,9H2,1-2H3,(H,15,16). The normalized spacial score (nSPS) is 18.7. The number of furan rings is 1. The number of ether oxygens (including phenoxy) is 1. The van der Waals surface area contributed by atoms with E-state index in [-0.39, 0.29) is 12.5 Å². The fourth-order valence-corrected chi connectivity index (χ4v) is 2.04. The maximum Gasteiger partial charge on any atom is 0.250 e. The van der Waals surface area contributed by atoms with Crippen LogP contribution in [-0.2, 0) is 15.1 Å². The van der Waals surface area contributed by atoms with Crippen LogP contribution in [0.3, 0.4) is 0 Å². The van der Waals surface area contributed by atoms with E-state index in [9.17, 15) is 9.90 Å². The Balaban J connectivity index is 1.97. The Morgan fingerprint density at radius 2 is 2.37 bits per heavy atom. The molecule has 0 bridgehead atoms. The summed E-state index contributed by atoms with van der Waals surface area (Å²) in [6, 6.07) is 3.38. The number of rotatable bonds is 4. The second-order valence-corrected chi connectivity index (χ2v) is 4.92. The molecule has 5 heteroatoms. The minimum absolute atomic E-state index is 0.0934. The summed E-state index contributed by atoms with van der Waals surface area (Å²) >= 11 is 0. The van der Waals surface area contributed by atoms with Crippen LogP contribution in [0.2, 0.25) is 0 Å². The van der Waals surface area contributed by atoms with E-state index in [4.69, 9.17) is 9.15 Å². The van der Waals surface area contributed by atoms with Crippen molar-refractivity contribution in [3.05, 3.63) is 35.5 Å². The quantitative estimate of drug-likeness (QED) is 0.869. The molecule has 104 valence electrons. The summed E-state index contributed by atoms with van der Waals surface area (Å²) in [6.07, 6.45) is 3.04. The van der Waals surface area contributed by atoms with E-state index in [0.717, 1.165) is 6.42 Å². The molecule has 1 aromatic heterocycles. The van der Waals surface area contributed by atoms with Gasteiger partial charge in [0.15, 0.2) is 0 Å². The Hall–Kier alpha value is -1.75. The third-order valence-corrected chi connectivity index (χ3v) is 3.23. The van der Waals surface area contributed by atoms with Crippen molar-refractivity contribution in [2.75, 3.05) is 13.2 Å². The molecule has 5 nitrogen and oxygen atoms in total. The van der Waals surface area contributed by atoms with Gasteiger partial charge in [-0.15, -0.1) is 0 Å². The van der Waals surface area contributed by atoms with E-state index in [0.29, 0.717) is 30.1 Å². The number of hydrogen-bond acceptors (Lipinski definition) is 4. The highest BCUT2D eigenvalue weighted by Crippen LogP contribution is 2.21. The van der Waals surface area contributed by atoms with E-state index in [2.05, 4.69) is 5.32 Å². The molecule has 1 aromatic rings. The monoisotopic (exact) mass is 265 g/mol. The van der Waals surface area contributed by atoms with Crippen LogP contribution in [0.15, 0.2) is 34.1 Å². The van der Waals surface area contributed by atoms with Crippen LogP contribution >= 0.6 is 0 Å². The van der Waals surface area contributed by atoms with Gasteiger partial charge >= 0.3 is 0 Å². The van der Waals surface area contributed by atoms with Gasteiger partial charge in [0, 0.05) is 0 Å². The molecule has 2 rings (SSSR count). The first-order chi connectivity index (χ1) is 9.00. The topological polar surface area (TPSA) is 71.7 Å². The van der Waals surface area contributed by atoms with Crippen molar-refractivity contribution in [2.45, 2.75) is 32.3 Å². The first-order valence-corrected chi connectivity index (χ1v) is 6.38. The molecule has 19 heavy (non-hydrogen) atoms. The number of nitrogens with one attached hydrogen (secondary N) is 1. The molecule has 1 aliphatic rings. The second-order valence-electron chi connectivity index (χ2n) is 4.92. The molecular weight excluding hydrogens is 246 g/mol. The summed E-state index contributed by atoms with van der Waals surface area (Å²) in [5.74, 6) is 0.906. The molecule has 0 saturated carbocycles. The lowest BCUT2D eigenvalue weighted by Gasteiger charge is -2.23. The Morgan fingerprint density at radius 1 is 1.58 bits per heavy atom. The van der Waals surface area contributed by atoms with Crippen molar-refractivity contribution >= 4 is 5.91 Å². The maximum absolute atomic E-state index is 12.0. The molecule has 0 aromatic carbocycles. The van der Waals surface area contributed by atoms with Crippen molar-refractivity contribution < 1.29 is 19.1 Å². The summed E-state index contributed by atoms with van der Waals surface area (Å²) in [7, 11) is 0. The zero-order valence-corrected chi connectivity index (χ0v) is 11.2. The maximum atomic E-state index is 12.0. The first kappa shape index (κ1) is 13.7. The Labute approximate surface area is 112 Å². The van der Waals surface area contributed by atoms with Gasteiger partial charge in [0.25, 0.3) is 5.91 Å². The van der Waals surface area contributed by atoms with E-state index in [1.807, 2.05) is 0 Å². The number of hydrogen-bond donors (Lipinski definition) is 2. The molecule has 0 aliphatic carbocycles. The molecular formula is C14H19NO4. The number of amides is 1. The molecule has 1 amide bonds. The Kier molecular flexibility index (Phi) is 3.95. The molecule has 2 heterocycles. The van der Waals surface area contributed by atoms with E-state index in [1.165, 1.54) is 6.26 Å². The van der Waals surface area contributed by atoms with Crippen LogP contribution in [0.25, 0.3) is 0 Å². The second kappa shape index (κ2) is 5.48. The predicted molar refractivity (Wildman–Crippen MR) is 69.2 cm³/mol. The fourth-order valence-electron chi connectivity index (χ4n) is 2.04. The lowest BCUT2D eigenvalue weighted by atomic mass is 10.0. The van der Waals surface area contributed by atoms with Crippen molar-refractivity contribution in [1.29, 1.82) is 0 Å². The van der Waals surface area contributed by atoms with Gasteiger partial charge in [0.05, 0.1) is 25.0 Å². The van der Waals surface area contributed by atoms with E-state index < -0.39 is 5.60 Å². The van der Waals surface area contributed by atoms with Crippen LogP contribution in [0.5, 0.6) is 0 Å². The van der Waals surface area contributed by atoms with Crippen LogP contribution in [0, 0.1) is 0 Å². The van der Waals surface area contributed by atoms with E-state index >= 15 is 0 Å². The summed E-state index contributed by atoms with van der Waals surface area (Å²) in [5, 5.41) is 13.0. The SMILES string of the molecule is CC1=C(C(=O)NCC(C)(O)c2ccco2)CCCO1. The average Bonchev–Trinajstić information content (AvgIpc) is 2.91.